The van der Waals surface area contributed by atoms with Crippen LogP contribution in [0.15, 0.2) is 96.6 Å². The van der Waals surface area contributed by atoms with Gasteiger partial charge in [-0.05, 0) is 228 Å². The summed E-state index contributed by atoms with van der Waals surface area (Å²) in [6.45, 7) is -0.128. The van der Waals surface area contributed by atoms with Crippen LogP contribution < -0.4 is 5.32 Å². The number of aliphatic hydroxyl groups excluding tert-OH is 2. The van der Waals surface area contributed by atoms with Gasteiger partial charge in [0, 0.05) is 58.6 Å². The molecule has 8 saturated carbocycles. The first-order valence-electron chi connectivity index (χ1n) is 32.8. The second kappa shape index (κ2) is 19.5. The highest BCUT2D eigenvalue weighted by Crippen LogP contribution is 2.81. The molecule has 438 valence electrons. The fourth-order valence-corrected chi connectivity index (χ4v) is 24.4. The quantitative estimate of drug-likeness (QED) is 0.0607. The van der Waals surface area contributed by atoms with Gasteiger partial charge in [0.15, 0.2) is 0 Å². The molecule has 10 heteroatoms. The van der Waals surface area contributed by atoms with Crippen LogP contribution in [0.3, 0.4) is 0 Å². The lowest BCUT2D eigenvalue weighted by Crippen LogP contribution is -2.87. The number of fused-ring (bicyclic) bond motifs is 12. The number of allylic oxidation sites excluding steroid dienone is 2. The minimum atomic E-state index is -2.22. The van der Waals surface area contributed by atoms with Crippen molar-refractivity contribution >= 4 is 12.3 Å². The minimum Gasteiger partial charge on any atom is -0.454 e. The SMILES string of the molecule is CN[C@@H]1Cc2c(cccc2CO)C#CCC[C@]23CC[C@H]4[C@@](O)([C@@H](O)[C@@H]5C[C@@H]6[C@H]7CC=C[C@@H]6C[C@@H]6[C@H]8O[C@@H](Cc9cccc(c9)C[C@H]9CC[C@H]7C9)C[C@@H]7C[C@@H](CCc9ccccc9)C[C@@]78C[C@@]4(C=O)[C@@]65O)[C@@]2(O)C[C@H]2C[C@H]1[C@@H]1OC(=O)C=C1[C@@H]23. The van der Waals surface area contributed by atoms with Gasteiger partial charge < -0.3 is 45.1 Å². The second-order valence-corrected chi connectivity index (χ2v) is 30.1. The molecule has 3 aromatic rings. The van der Waals surface area contributed by atoms with Crippen LogP contribution in [0.25, 0.3) is 0 Å². The van der Waals surface area contributed by atoms with Crippen LogP contribution in [0.5, 0.6) is 0 Å². The molecule has 3 aromatic carbocycles. The molecule has 11 aliphatic carbocycles. The Labute approximate surface area is 490 Å². The number of aryl methyl sites for hydroxylation is 1. The highest BCUT2D eigenvalue weighted by Gasteiger charge is 2.87. The van der Waals surface area contributed by atoms with Crippen molar-refractivity contribution in [3.63, 3.8) is 0 Å². The first kappa shape index (κ1) is 54.0. The fraction of sp³-hybridized carbons (Fsp3) is 0.644. The Bertz CT molecular complexity index is 3220. The average molecular weight is 1120 g/mol. The van der Waals surface area contributed by atoms with Crippen molar-refractivity contribution in [2.45, 2.75) is 189 Å². The molecule has 24 atom stereocenters. The predicted molar refractivity (Wildman–Crippen MR) is 314 cm³/mol. The van der Waals surface area contributed by atoms with Gasteiger partial charge in [0.05, 0.1) is 35.9 Å². The summed E-state index contributed by atoms with van der Waals surface area (Å²) < 4.78 is 14.4. The zero-order valence-corrected chi connectivity index (χ0v) is 48.6. The Balaban J connectivity index is 0.883. The lowest BCUT2D eigenvalue weighted by Gasteiger charge is -2.75. The monoisotopic (exact) mass is 1120 g/mol. The average Bonchev–Trinajstić information content (AvgIpc) is 1.67. The van der Waals surface area contributed by atoms with E-state index < -0.39 is 69.0 Å². The fourth-order valence-electron chi connectivity index (χ4n) is 24.4. The summed E-state index contributed by atoms with van der Waals surface area (Å²) in [6, 6.07) is 25.8. The summed E-state index contributed by atoms with van der Waals surface area (Å²) in [5.74, 6) is 5.57. The molecular weight excluding hydrogens is 1030 g/mol. The topological polar surface area (TPSA) is 166 Å². The molecule has 14 aliphatic rings. The van der Waals surface area contributed by atoms with Crippen LogP contribution in [0.2, 0.25) is 0 Å². The first-order valence-corrected chi connectivity index (χ1v) is 32.8. The Morgan fingerprint density at radius 2 is 1.66 bits per heavy atom. The molecule has 83 heavy (non-hydrogen) atoms. The predicted octanol–water partition coefficient (Wildman–Crippen LogP) is 9.37. The van der Waals surface area contributed by atoms with E-state index in [1.165, 1.54) is 23.1 Å². The van der Waals surface area contributed by atoms with E-state index in [9.17, 15) is 15.0 Å². The number of hydrogen-bond acceptors (Lipinski definition) is 10. The van der Waals surface area contributed by atoms with E-state index in [1.54, 1.807) is 6.08 Å². The maximum absolute atomic E-state index is 15.8. The van der Waals surface area contributed by atoms with E-state index in [4.69, 9.17) is 9.47 Å². The number of esters is 1. The number of nitrogens with one attached hydrogen (secondary N) is 1. The van der Waals surface area contributed by atoms with Crippen molar-refractivity contribution in [3.8, 4) is 11.8 Å². The summed E-state index contributed by atoms with van der Waals surface area (Å²) in [6.07, 6.45) is 20.3. The molecule has 1 saturated heterocycles. The summed E-state index contributed by atoms with van der Waals surface area (Å²) >= 11 is 0. The summed E-state index contributed by atoms with van der Waals surface area (Å²) in [5, 5.41) is 74.2. The van der Waals surface area contributed by atoms with Crippen LogP contribution >= 0.6 is 0 Å². The molecule has 10 nitrogen and oxygen atoms in total. The summed E-state index contributed by atoms with van der Waals surface area (Å²) in [4.78, 5) is 29.8. The lowest BCUT2D eigenvalue weighted by molar-refractivity contribution is -0.391. The smallest absolute Gasteiger partial charge is 0.331 e. The van der Waals surface area contributed by atoms with Gasteiger partial charge in [0.2, 0.25) is 0 Å². The minimum absolute atomic E-state index is 0.0854. The molecule has 9 fully saturated rings. The lowest BCUT2D eigenvalue weighted by atomic mass is 9.32. The molecule has 14 bridgehead atoms. The summed E-state index contributed by atoms with van der Waals surface area (Å²) in [5.41, 5.74) is -1.49. The van der Waals surface area contributed by atoms with Gasteiger partial charge in [-0.2, -0.15) is 0 Å². The van der Waals surface area contributed by atoms with Gasteiger partial charge in [-0.3, -0.25) is 0 Å². The van der Waals surface area contributed by atoms with E-state index >= 15 is 20.1 Å². The van der Waals surface area contributed by atoms with Crippen LogP contribution in [0.1, 0.15) is 143 Å². The standard InChI is InChI=1S/C73H87NO9/c1-74-61-35-55-47(15-8-17-50(55)39-75)14-5-6-24-69-25-23-62-70(41-76)40-68-37-46(20-19-42-10-3-2-4-11-42)29-52(68)33-53-30-44-13-7-12-43(26-44)27-45-21-22-49(28-45)54-18-9-16-48-32-60(67(68)82-53)72(70,80)59(34-56(48)54)66(78)73(62,81)71(69,79)38-51-31-57(61)65-58(64(51)69)36-63(77)83-65/h2-4,7-13,15-17,26,36,41,45-46,48-49,51-54,56-57,59-62,64-67,74-75,78-81H,6,18-25,27-35,37-40H2,1H3/t45-,46-,48-,49+,51-,52+,53+,54+,56+,57-,59+,60-,61-,62-,64-,65+,66+,67-,68-,69-,70+,71-,72+,73-/m1/s1. The third kappa shape index (κ3) is 7.46. The maximum atomic E-state index is 15.8. The Hall–Kier alpha value is -4.44. The Morgan fingerprint density at radius 1 is 0.819 bits per heavy atom. The van der Waals surface area contributed by atoms with E-state index in [0.717, 1.165) is 92.8 Å². The highest BCUT2D eigenvalue weighted by molar-refractivity contribution is 5.86. The van der Waals surface area contributed by atoms with Crippen molar-refractivity contribution in [3.05, 3.63) is 130 Å². The number of rotatable bonds is 6. The zero-order valence-electron chi connectivity index (χ0n) is 48.6. The van der Waals surface area contributed by atoms with Crippen LogP contribution in [0.4, 0.5) is 0 Å². The molecule has 0 unspecified atom stereocenters. The second-order valence-electron chi connectivity index (χ2n) is 30.1. The van der Waals surface area contributed by atoms with Crippen LogP contribution in [0, 0.1) is 105 Å². The number of benzene rings is 3. The number of ether oxygens (including phenoxy) is 2. The van der Waals surface area contributed by atoms with Crippen molar-refractivity contribution in [2.75, 3.05) is 7.05 Å². The van der Waals surface area contributed by atoms with Gasteiger partial charge in [-0.1, -0.05) is 90.7 Å². The molecule has 3 heterocycles. The molecule has 0 radical (unpaired) electrons. The molecular formula is C73H87NO9. The number of hydrogen-bond donors (Lipinski definition) is 6. The van der Waals surface area contributed by atoms with Gasteiger partial charge in [0.1, 0.15) is 23.6 Å². The number of aliphatic hydroxyl groups is 5. The highest BCUT2D eigenvalue weighted by atomic mass is 16.5. The van der Waals surface area contributed by atoms with Crippen molar-refractivity contribution in [2.24, 2.45) is 93.2 Å². The van der Waals surface area contributed by atoms with Gasteiger partial charge in [-0.25, -0.2) is 4.79 Å². The summed E-state index contributed by atoms with van der Waals surface area (Å²) in [7, 11) is 1.94. The van der Waals surface area contributed by atoms with E-state index in [-0.39, 0.29) is 66.8 Å². The Kier molecular flexibility index (Phi) is 12.7. The van der Waals surface area contributed by atoms with E-state index in [1.807, 2.05) is 25.2 Å². The van der Waals surface area contributed by atoms with E-state index in [2.05, 4.69) is 83.9 Å². The largest absolute Gasteiger partial charge is 0.454 e. The number of carbonyl (C=O) groups excluding carboxylic acids is 2. The molecule has 2 spiro atoms. The zero-order chi connectivity index (χ0) is 56.4. The van der Waals surface area contributed by atoms with Crippen LogP contribution in [-0.4, -0.2) is 92.1 Å². The van der Waals surface area contributed by atoms with E-state index in [0.29, 0.717) is 81.5 Å². The number of aldehydes is 1. The molecule has 0 amide bonds. The number of carbonyl (C=O) groups is 2. The molecule has 3 aliphatic heterocycles. The number of likely N-dealkylation sites (N-methyl/N-ethyl adjacent to an activating group) is 1. The third-order valence-corrected chi connectivity index (χ3v) is 27.2. The molecule has 17 rings (SSSR count). The third-order valence-electron chi connectivity index (χ3n) is 27.2. The van der Waals surface area contributed by atoms with Gasteiger partial charge in [-0.15, -0.1) is 0 Å². The van der Waals surface area contributed by atoms with Crippen molar-refractivity contribution < 1.29 is 44.6 Å². The van der Waals surface area contributed by atoms with Crippen molar-refractivity contribution in [1.29, 1.82) is 0 Å². The normalized spacial score (nSPS) is 48.3. The van der Waals surface area contributed by atoms with Crippen LogP contribution in [-0.2, 0) is 51.4 Å². The molecule has 0 aromatic heterocycles. The first-order chi connectivity index (χ1) is 40.3. The van der Waals surface area contributed by atoms with Gasteiger partial charge in [0.25, 0.3) is 0 Å². The van der Waals surface area contributed by atoms with Gasteiger partial charge >= 0.3 is 5.97 Å². The van der Waals surface area contributed by atoms with Crippen molar-refractivity contribution in [1.82, 2.24) is 5.32 Å². The Morgan fingerprint density at radius 3 is 2.49 bits per heavy atom. The molecule has 6 N–H and O–H groups in total. The maximum Gasteiger partial charge on any atom is 0.331 e.